The van der Waals surface area contributed by atoms with Crippen LogP contribution in [0.4, 0.5) is 13.6 Å². The SMILES string of the molecule is Cn1cc(C(=O)NCC(NC(=O)OCc2ccccc2)C(=O)O)c(=O)c2cc(F)c(CNC3NCCN3)c(F)c21. The molecule has 14 heteroatoms. The molecule has 1 unspecified atom stereocenters. The van der Waals surface area contributed by atoms with Crippen molar-refractivity contribution in [3.8, 4) is 0 Å². The fourth-order valence-corrected chi connectivity index (χ4v) is 4.20. The Morgan fingerprint density at radius 2 is 1.88 bits per heavy atom. The number of carbonyl (C=O) groups excluding carboxylic acids is 2. The number of fused-ring (bicyclic) bond motifs is 1. The highest BCUT2D eigenvalue weighted by Crippen LogP contribution is 2.22. The molecule has 212 valence electrons. The molecule has 0 spiro atoms. The molecule has 6 N–H and O–H groups in total. The van der Waals surface area contributed by atoms with Crippen LogP contribution in [0.3, 0.4) is 0 Å². The minimum atomic E-state index is -1.58. The van der Waals surface area contributed by atoms with E-state index in [1.54, 1.807) is 30.3 Å². The van der Waals surface area contributed by atoms with Gasteiger partial charge < -0.3 is 25.0 Å². The molecule has 1 aliphatic rings. The number of carbonyl (C=O) groups is 3. The summed E-state index contributed by atoms with van der Waals surface area (Å²) >= 11 is 0. The summed E-state index contributed by atoms with van der Waals surface area (Å²) in [4.78, 5) is 49.5. The number of aliphatic carboxylic acids is 1. The fraction of sp³-hybridized carbons (Fsp3) is 0.308. The number of aromatic nitrogens is 1. The number of halogens is 2. The average Bonchev–Trinajstić information content (AvgIpc) is 3.45. The van der Waals surface area contributed by atoms with Crippen molar-refractivity contribution in [3.63, 3.8) is 0 Å². The topological polar surface area (TPSA) is 163 Å². The fourth-order valence-electron chi connectivity index (χ4n) is 4.20. The van der Waals surface area contributed by atoms with Crippen molar-refractivity contribution in [1.29, 1.82) is 0 Å². The first kappa shape index (κ1) is 28.6. The maximum Gasteiger partial charge on any atom is 0.408 e. The van der Waals surface area contributed by atoms with Gasteiger partial charge in [-0.1, -0.05) is 30.3 Å². The number of alkyl carbamates (subject to hydrolysis) is 1. The predicted octanol–water partition coefficient (Wildman–Crippen LogP) is 0.492. The third kappa shape index (κ3) is 6.59. The lowest BCUT2D eigenvalue weighted by Gasteiger charge is -2.17. The molecule has 4 rings (SSSR count). The average molecular weight is 559 g/mol. The molecule has 40 heavy (non-hydrogen) atoms. The zero-order chi connectivity index (χ0) is 28.8. The van der Waals surface area contributed by atoms with Gasteiger partial charge in [-0.2, -0.15) is 0 Å². The van der Waals surface area contributed by atoms with Crippen molar-refractivity contribution in [3.05, 3.63) is 81.1 Å². The number of amides is 2. The largest absolute Gasteiger partial charge is 0.480 e. The highest BCUT2D eigenvalue weighted by molar-refractivity contribution is 5.97. The quantitative estimate of drug-likeness (QED) is 0.208. The number of rotatable bonds is 10. The van der Waals surface area contributed by atoms with Gasteiger partial charge in [0.2, 0.25) is 5.43 Å². The van der Waals surface area contributed by atoms with E-state index in [1.807, 2.05) is 0 Å². The molecule has 1 fully saturated rings. The Hall–Kier alpha value is -4.40. The van der Waals surface area contributed by atoms with Crippen LogP contribution in [0.2, 0.25) is 0 Å². The van der Waals surface area contributed by atoms with Gasteiger partial charge in [0.1, 0.15) is 30.3 Å². The molecule has 0 saturated carbocycles. The molecule has 2 aromatic carbocycles. The summed E-state index contributed by atoms with van der Waals surface area (Å²) < 4.78 is 36.3. The van der Waals surface area contributed by atoms with Gasteiger partial charge in [-0.3, -0.25) is 25.5 Å². The molecule has 0 aliphatic carbocycles. The van der Waals surface area contributed by atoms with Crippen LogP contribution in [-0.4, -0.2) is 59.6 Å². The molecule has 1 aromatic heterocycles. The molecular formula is C26H28F2N6O6. The highest BCUT2D eigenvalue weighted by Gasteiger charge is 2.25. The van der Waals surface area contributed by atoms with Crippen molar-refractivity contribution < 1.29 is 33.0 Å². The van der Waals surface area contributed by atoms with Crippen molar-refractivity contribution in [2.45, 2.75) is 25.5 Å². The van der Waals surface area contributed by atoms with Crippen LogP contribution < -0.4 is 32.0 Å². The predicted molar refractivity (Wildman–Crippen MR) is 139 cm³/mol. The smallest absolute Gasteiger partial charge is 0.408 e. The summed E-state index contributed by atoms with van der Waals surface area (Å²) in [6, 6.07) is 7.99. The van der Waals surface area contributed by atoms with Crippen LogP contribution in [0.1, 0.15) is 21.5 Å². The van der Waals surface area contributed by atoms with Crippen molar-refractivity contribution in [2.24, 2.45) is 7.05 Å². The van der Waals surface area contributed by atoms with E-state index in [0.29, 0.717) is 18.7 Å². The first-order valence-corrected chi connectivity index (χ1v) is 12.3. The maximum absolute atomic E-state index is 15.3. The van der Waals surface area contributed by atoms with E-state index in [0.717, 1.165) is 12.3 Å². The molecule has 12 nitrogen and oxygen atoms in total. The molecular weight excluding hydrogens is 530 g/mol. The number of hydrogen-bond acceptors (Lipinski definition) is 8. The number of benzene rings is 2. The summed E-state index contributed by atoms with van der Waals surface area (Å²) in [7, 11) is 1.39. The number of pyridine rings is 1. The highest BCUT2D eigenvalue weighted by atomic mass is 19.1. The van der Waals surface area contributed by atoms with Gasteiger partial charge in [0.15, 0.2) is 5.82 Å². The summed E-state index contributed by atoms with van der Waals surface area (Å²) in [5.41, 5.74) is -1.19. The Kier molecular flexibility index (Phi) is 9.04. The number of aryl methyl sites for hydroxylation is 1. The third-order valence-electron chi connectivity index (χ3n) is 6.27. The number of carboxylic acids is 1. The molecule has 0 radical (unpaired) electrons. The zero-order valence-corrected chi connectivity index (χ0v) is 21.4. The summed E-state index contributed by atoms with van der Waals surface area (Å²) in [5.74, 6) is -4.36. The third-order valence-corrected chi connectivity index (χ3v) is 6.27. The molecule has 0 bridgehead atoms. The van der Waals surface area contributed by atoms with Gasteiger partial charge >= 0.3 is 12.1 Å². The van der Waals surface area contributed by atoms with Gasteiger partial charge in [0.05, 0.1) is 10.9 Å². The van der Waals surface area contributed by atoms with Gasteiger partial charge in [0, 0.05) is 45.0 Å². The molecule has 2 amide bonds. The number of carboxylic acid groups (broad SMARTS) is 1. The van der Waals surface area contributed by atoms with Crippen LogP contribution in [-0.2, 0) is 29.7 Å². The van der Waals surface area contributed by atoms with Crippen molar-refractivity contribution in [2.75, 3.05) is 19.6 Å². The Labute approximate surface area is 226 Å². The van der Waals surface area contributed by atoms with E-state index in [4.69, 9.17) is 4.74 Å². The number of nitrogens with zero attached hydrogens (tertiary/aromatic N) is 1. The molecule has 3 aromatic rings. The Balaban J connectivity index is 1.45. The van der Waals surface area contributed by atoms with Gasteiger partial charge in [-0.05, 0) is 11.6 Å². The molecule has 1 aliphatic heterocycles. The minimum absolute atomic E-state index is 0.0994. The monoisotopic (exact) mass is 558 g/mol. The summed E-state index contributed by atoms with van der Waals surface area (Å²) in [6.45, 7) is 0.540. The van der Waals surface area contributed by atoms with Gasteiger partial charge in [-0.15, -0.1) is 0 Å². The number of ether oxygens (including phenoxy) is 1. The van der Waals surface area contributed by atoms with Crippen LogP contribution in [0.25, 0.3) is 10.9 Å². The normalized spacial score (nSPS) is 14.2. The Morgan fingerprint density at radius 3 is 2.55 bits per heavy atom. The van der Waals surface area contributed by atoms with Crippen molar-refractivity contribution in [1.82, 2.24) is 31.2 Å². The van der Waals surface area contributed by atoms with E-state index in [2.05, 4.69) is 26.6 Å². The second-order valence-electron chi connectivity index (χ2n) is 9.06. The van der Waals surface area contributed by atoms with Crippen molar-refractivity contribution >= 4 is 28.9 Å². The Morgan fingerprint density at radius 1 is 1.18 bits per heavy atom. The van der Waals surface area contributed by atoms with Crippen LogP contribution in [0.5, 0.6) is 0 Å². The molecule has 2 heterocycles. The van der Waals surface area contributed by atoms with E-state index >= 15 is 4.39 Å². The molecule has 1 saturated heterocycles. The lowest BCUT2D eigenvalue weighted by atomic mass is 10.1. The maximum atomic E-state index is 15.3. The second kappa shape index (κ2) is 12.6. The first-order chi connectivity index (χ1) is 19.2. The van der Waals surface area contributed by atoms with E-state index in [1.165, 1.54) is 11.6 Å². The minimum Gasteiger partial charge on any atom is -0.480 e. The van der Waals surface area contributed by atoms with Crippen LogP contribution in [0, 0.1) is 11.6 Å². The number of hydrogen-bond donors (Lipinski definition) is 6. The first-order valence-electron chi connectivity index (χ1n) is 12.3. The standard InChI is InChI=1S/C26H28F2N6O6/c1-34-12-17(22(35)15-9-18(27)16(20(28)21(15)34)10-32-25-29-7-8-30-25)23(36)31-11-19(24(37)38)33-26(39)40-13-14-5-3-2-4-6-14/h2-6,9,12,19,25,29-30,32H,7-8,10-11,13H2,1H3,(H,31,36)(H,33,39)(H,37,38). The second-order valence-corrected chi connectivity index (χ2v) is 9.06. The van der Waals surface area contributed by atoms with Gasteiger partial charge in [0.25, 0.3) is 5.91 Å². The zero-order valence-electron chi connectivity index (χ0n) is 21.4. The van der Waals surface area contributed by atoms with E-state index in [-0.39, 0.29) is 35.9 Å². The van der Waals surface area contributed by atoms with E-state index < -0.39 is 53.2 Å². The summed E-state index contributed by atoms with van der Waals surface area (Å²) in [6.07, 6.45) is -0.266. The van der Waals surface area contributed by atoms with Crippen LogP contribution >= 0.6 is 0 Å². The lowest BCUT2D eigenvalue weighted by Crippen LogP contribution is -2.49. The molecule has 1 atom stereocenters. The van der Waals surface area contributed by atoms with Gasteiger partial charge in [-0.25, -0.2) is 18.4 Å². The summed E-state index contributed by atoms with van der Waals surface area (Å²) in [5, 5.41) is 22.5. The van der Waals surface area contributed by atoms with E-state index in [9.17, 15) is 28.7 Å². The number of nitrogens with one attached hydrogen (secondary N) is 5. The van der Waals surface area contributed by atoms with Crippen LogP contribution in [0.15, 0.2) is 47.4 Å². The Bertz CT molecular complexity index is 1480. The lowest BCUT2D eigenvalue weighted by molar-refractivity contribution is -0.139.